The van der Waals surface area contributed by atoms with E-state index in [1.165, 1.54) is 0 Å². The Labute approximate surface area is 270 Å². The quantitative estimate of drug-likeness (QED) is 0.218. The van der Waals surface area contributed by atoms with Crippen molar-refractivity contribution in [3.05, 3.63) is 130 Å². The fourth-order valence-electron chi connectivity index (χ4n) is 5.57. The summed E-state index contributed by atoms with van der Waals surface area (Å²) in [6.45, 7) is 19.3. The molecule has 242 valence electrons. The van der Waals surface area contributed by atoms with Gasteiger partial charge in [-0.3, -0.25) is 9.59 Å². The van der Waals surface area contributed by atoms with Crippen LogP contribution in [0.5, 0.6) is 0 Å². The fraction of sp³-hybridized carbons (Fsp3) is 0.400. The lowest BCUT2D eigenvalue weighted by molar-refractivity contribution is -0.135. The van der Waals surface area contributed by atoms with Crippen molar-refractivity contribution in [2.24, 2.45) is 10.8 Å². The van der Waals surface area contributed by atoms with E-state index >= 15 is 0 Å². The summed E-state index contributed by atoms with van der Waals surface area (Å²) in [6.07, 6.45) is 24.9. The Bertz CT molecular complexity index is 1490. The topological polar surface area (TPSA) is 94.8 Å². The fourth-order valence-corrected chi connectivity index (χ4v) is 5.57. The van der Waals surface area contributed by atoms with Crippen LogP contribution >= 0.6 is 0 Å². The number of Topliss-reactive ketones (excluding diaryl/α,β-unsaturated/α-hetero) is 2. The van der Waals surface area contributed by atoms with E-state index in [9.17, 15) is 24.9 Å². The summed E-state index contributed by atoms with van der Waals surface area (Å²) in [5.74, 6) is -0.609. The predicted molar refractivity (Wildman–Crippen MR) is 186 cm³/mol. The van der Waals surface area contributed by atoms with Crippen LogP contribution in [0, 0.1) is 10.8 Å². The van der Waals surface area contributed by atoms with Crippen molar-refractivity contribution in [3.8, 4) is 0 Å². The lowest BCUT2D eigenvalue weighted by Crippen LogP contribution is -2.49. The highest BCUT2D eigenvalue weighted by molar-refractivity contribution is 6.01. The molecule has 3 N–H and O–H groups in total. The van der Waals surface area contributed by atoms with Gasteiger partial charge in [0.15, 0.2) is 11.6 Å². The molecule has 2 aliphatic rings. The predicted octanol–water partition coefficient (Wildman–Crippen LogP) is 7.88. The first-order valence-electron chi connectivity index (χ1n) is 15.5. The van der Waals surface area contributed by atoms with Gasteiger partial charge >= 0.3 is 0 Å². The zero-order valence-corrected chi connectivity index (χ0v) is 28.7. The van der Waals surface area contributed by atoms with Gasteiger partial charge in [0.05, 0.1) is 6.10 Å². The van der Waals surface area contributed by atoms with Crippen molar-refractivity contribution >= 4 is 11.6 Å². The molecule has 0 aliphatic heterocycles. The van der Waals surface area contributed by atoms with E-state index < -0.39 is 29.5 Å². The molecule has 2 aliphatic carbocycles. The molecule has 0 heterocycles. The Hall–Kier alpha value is -3.64. The third kappa shape index (κ3) is 10.2. The number of rotatable bonds is 10. The number of aliphatic hydroxyl groups excluding tert-OH is 3. The minimum Gasteiger partial charge on any atom is -0.389 e. The SMILES string of the molecule is CC1=C(/C=C/C(C)=C/C=C/C(C)=C/C=C/C=C(C)/C=C/C=C(C)/C=C/C2=C(C)C(=O)C(O)C(O)C2(C)C)C(C)(C)CC(O)C1=O. The minimum absolute atomic E-state index is 0.181. The molecule has 3 atom stereocenters. The highest BCUT2D eigenvalue weighted by Crippen LogP contribution is 2.41. The standard InChI is InChI=1S/C40H52O5/c1-26(17-13-19-28(3)21-23-32-30(5)35(42)34(41)25-39(32,7)8)15-11-12-16-27(2)18-14-20-29(4)22-24-33-31(6)36(43)37(44)38(45)40(33,9)10/h11-24,34,37-38,41,44-45H,25H2,1-10H3/b12-11+,17-13+,18-14+,23-21+,24-22+,26-15+,27-16+,28-19+,29-20+. The maximum Gasteiger partial charge on any atom is 0.189 e. The number of carbonyl (C=O) groups excluding carboxylic acids is 2. The second kappa shape index (κ2) is 16.1. The van der Waals surface area contributed by atoms with E-state index in [-0.39, 0.29) is 11.2 Å². The Kier molecular flexibility index (Phi) is 13.4. The summed E-state index contributed by atoms with van der Waals surface area (Å²) in [4.78, 5) is 24.5. The summed E-state index contributed by atoms with van der Waals surface area (Å²) >= 11 is 0. The maximum atomic E-state index is 12.3. The molecule has 0 aromatic rings. The van der Waals surface area contributed by atoms with E-state index in [0.717, 1.165) is 33.4 Å². The van der Waals surface area contributed by atoms with Crippen molar-refractivity contribution in [2.45, 2.75) is 94.0 Å². The molecule has 45 heavy (non-hydrogen) atoms. The van der Waals surface area contributed by atoms with Gasteiger partial charge in [-0.15, -0.1) is 0 Å². The number of ketones is 2. The van der Waals surface area contributed by atoms with Gasteiger partial charge in [0, 0.05) is 5.41 Å². The second-order valence-electron chi connectivity index (χ2n) is 13.4. The third-order valence-electron chi connectivity index (χ3n) is 8.58. The van der Waals surface area contributed by atoms with Crippen molar-refractivity contribution in [1.29, 1.82) is 0 Å². The van der Waals surface area contributed by atoms with Crippen LogP contribution in [0.15, 0.2) is 130 Å². The van der Waals surface area contributed by atoms with Crippen molar-refractivity contribution in [1.82, 2.24) is 0 Å². The average Bonchev–Trinajstić information content (AvgIpc) is 2.95. The van der Waals surface area contributed by atoms with Gasteiger partial charge in [-0.2, -0.15) is 0 Å². The van der Waals surface area contributed by atoms with Gasteiger partial charge in [0.2, 0.25) is 0 Å². The number of allylic oxidation sites excluding steroid dienone is 19. The van der Waals surface area contributed by atoms with Gasteiger partial charge in [0.25, 0.3) is 0 Å². The van der Waals surface area contributed by atoms with Crippen LogP contribution in [0.1, 0.15) is 75.7 Å². The molecule has 5 nitrogen and oxygen atoms in total. The summed E-state index contributed by atoms with van der Waals surface area (Å²) < 4.78 is 0. The van der Waals surface area contributed by atoms with Crippen LogP contribution < -0.4 is 0 Å². The van der Waals surface area contributed by atoms with Gasteiger partial charge < -0.3 is 15.3 Å². The van der Waals surface area contributed by atoms with Crippen molar-refractivity contribution in [2.75, 3.05) is 0 Å². The van der Waals surface area contributed by atoms with Gasteiger partial charge in [0.1, 0.15) is 12.2 Å². The zero-order valence-electron chi connectivity index (χ0n) is 28.7. The van der Waals surface area contributed by atoms with Gasteiger partial charge in [-0.1, -0.05) is 135 Å². The van der Waals surface area contributed by atoms with E-state index in [4.69, 9.17) is 0 Å². The van der Waals surface area contributed by atoms with E-state index in [1.54, 1.807) is 13.8 Å². The van der Waals surface area contributed by atoms with E-state index in [0.29, 0.717) is 17.6 Å². The zero-order chi connectivity index (χ0) is 34.1. The molecule has 5 heteroatoms. The molecule has 0 aromatic carbocycles. The largest absolute Gasteiger partial charge is 0.389 e. The van der Waals surface area contributed by atoms with Crippen molar-refractivity contribution < 1.29 is 24.9 Å². The first-order valence-corrected chi connectivity index (χ1v) is 15.5. The van der Waals surface area contributed by atoms with Crippen LogP contribution in [0.25, 0.3) is 0 Å². The highest BCUT2D eigenvalue weighted by Gasteiger charge is 2.45. The van der Waals surface area contributed by atoms with Crippen LogP contribution in [0.3, 0.4) is 0 Å². The maximum absolute atomic E-state index is 12.3. The van der Waals surface area contributed by atoms with Crippen LogP contribution in [0.2, 0.25) is 0 Å². The monoisotopic (exact) mass is 612 g/mol. The molecule has 2 rings (SSSR count). The highest BCUT2D eigenvalue weighted by atomic mass is 16.3. The lowest BCUT2D eigenvalue weighted by atomic mass is 9.69. The summed E-state index contributed by atoms with van der Waals surface area (Å²) in [6, 6.07) is 0. The molecule has 0 saturated carbocycles. The molecule has 0 spiro atoms. The summed E-state index contributed by atoms with van der Waals surface area (Å²) in [5, 5.41) is 30.5. The first kappa shape index (κ1) is 37.5. The molecule has 0 amide bonds. The Morgan fingerprint density at radius 2 is 1.02 bits per heavy atom. The minimum atomic E-state index is -1.38. The molecule has 0 bridgehead atoms. The van der Waals surface area contributed by atoms with E-state index in [2.05, 4.69) is 13.8 Å². The van der Waals surface area contributed by atoms with Gasteiger partial charge in [-0.25, -0.2) is 0 Å². The number of carbonyl (C=O) groups is 2. The molecule has 3 unspecified atom stereocenters. The Morgan fingerprint density at radius 1 is 0.622 bits per heavy atom. The van der Waals surface area contributed by atoms with Crippen LogP contribution in [-0.4, -0.2) is 45.2 Å². The smallest absolute Gasteiger partial charge is 0.189 e. The van der Waals surface area contributed by atoms with E-state index in [1.807, 2.05) is 127 Å². The first-order chi connectivity index (χ1) is 20.9. The Morgan fingerprint density at radius 3 is 1.51 bits per heavy atom. The lowest BCUT2D eigenvalue weighted by Gasteiger charge is -2.39. The summed E-state index contributed by atoms with van der Waals surface area (Å²) in [7, 11) is 0. The molecule has 0 saturated heterocycles. The Balaban J connectivity index is 1.97. The molecular formula is C40H52O5. The number of hydrogen-bond donors (Lipinski definition) is 3. The van der Waals surface area contributed by atoms with Crippen molar-refractivity contribution in [3.63, 3.8) is 0 Å². The third-order valence-corrected chi connectivity index (χ3v) is 8.58. The van der Waals surface area contributed by atoms with Gasteiger partial charge in [-0.05, 0) is 75.7 Å². The average molecular weight is 613 g/mol. The normalized spacial score (nSPS) is 25.9. The number of hydrogen-bond acceptors (Lipinski definition) is 5. The molecular weight excluding hydrogens is 560 g/mol. The molecule has 0 aromatic heterocycles. The molecule has 0 radical (unpaired) electrons. The second-order valence-corrected chi connectivity index (χ2v) is 13.4. The van der Waals surface area contributed by atoms with Crippen LogP contribution in [0.4, 0.5) is 0 Å². The molecule has 0 fully saturated rings. The number of aliphatic hydroxyl groups is 3. The summed E-state index contributed by atoms with van der Waals surface area (Å²) in [5.41, 5.74) is 6.09. The van der Waals surface area contributed by atoms with Crippen LogP contribution in [-0.2, 0) is 9.59 Å².